The van der Waals surface area contributed by atoms with E-state index in [9.17, 15) is 4.79 Å². The minimum absolute atomic E-state index is 0.267. The Bertz CT molecular complexity index is 711. The molecule has 0 fully saturated rings. The molecule has 0 spiro atoms. The van der Waals surface area contributed by atoms with E-state index in [0.717, 1.165) is 16.9 Å². The molecular formula is C13H14N6O. The number of nitrogen functional groups attached to an aromatic ring is 1. The lowest BCUT2D eigenvalue weighted by Gasteiger charge is -2.02. The highest BCUT2D eigenvalue weighted by Gasteiger charge is 2.11. The Labute approximate surface area is 114 Å². The Morgan fingerprint density at radius 3 is 2.95 bits per heavy atom. The fraction of sp³-hybridized carbons (Fsp3) is 0.154. The molecule has 1 amide bonds. The van der Waals surface area contributed by atoms with Crippen LogP contribution in [0.15, 0.2) is 30.5 Å². The predicted octanol–water partition coefficient (Wildman–Crippen LogP) is 0.841. The number of aromatic nitrogens is 4. The Morgan fingerprint density at radius 1 is 1.35 bits per heavy atom. The molecule has 3 aromatic rings. The molecule has 0 saturated heterocycles. The number of nitrogens with zero attached hydrogens (tertiary/aromatic N) is 2. The zero-order valence-electron chi connectivity index (χ0n) is 10.7. The van der Waals surface area contributed by atoms with Crippen molar-refractivity contribution in [3.05, 3.63) is 42.0 Å². The highest BCUT2D eigenvalue weighted by Crippen LogP contribution is 2.10. The summed E-state index contributed by atoms with van der Waals surface area (Å²) in [6.07, 6.45) is 2.03. The third kappa shape index (κ3) is 2.33. The molecule has 7 nitrogen and oxygen atoms in total. The molecule has 0 unspecified atom stereocenters. The van der Waals surface area contributed by atoms with Gasteiger partial charge in [-0.2, -0.15) is 5.10 Å². The van der Waals surface area contributed by atoms with Gasteiger partial charge >= 0.3 is 0 Å². The fourth-order valence-electron chi connectivity index (χ4n) is 1.98. The lowest BCUT2D eigenvalue weighted by atomic mass is 10.3. The van der Waals surface area contributed by atoms with Gasteiger partial charge in [-0.25, -0.2) is 4.98 Å². The van der Waals surface area contributed by atoms with Crippen LogP contribution in [0.25, 0.3) is 11.0 Å². The van der Waals surface area contributed by atoms with Gasteiger partial charge in [0.25, 0.3) is 5.91 Å². The number of imidazole rings is 1. The summed E-state index contributed by atoms with van der Waals surface area (Å²) in [7, 11) is 0. The molecule has 0 aliphatic rings. The topological polar surface area (TPSA) is 112 Å². The summed E-state index contributed by atoms with van der Waals surface area (Å²) in [5.41, 5.74) is 8.14. The maximum absolute atomic E-state index is 11.8. The first-order valence-corrected chi connectivity index (χ1v) is 6.24. The van der Waals surface area contributed by atoms with Crippen molar-refractivity contribution in [3.63, 3.8) is 0 Å². The van der Waals surface area contributed by atoms with Crippen molar-refractivity contribution in [1.29, 1.82) is 0 Å². The van der Waals surface area contributed by atoms with Gasteiger partial charge in [-0.3, -0.25) is 9.89 Å². The summed E-state index contributed by atoms with van der Waals surface area (Å²) in [6.45, 7) is 0.469. The molecule has 0 aliphatic carbocycles. The van der Waals surface area contributed by atoms with Gasteiger partial charge in [0.2, 0.25) is 0 Å². The van der Waals surface area contributed by atoms with E-state index in [1.807, 2.05) is 24.3 Å². The smallest absolute Gasteiger partial charge is 0.271 e. The van der Waals surface area contributed by atoms with Crippen molar-refractivity contribution in [2.45, 2.75) is 6.42 Å². The van der Waals surface area contributed by atoms with Crippen LogP contribution in [-0.2, 0) is 6.42 Å². The zero-order valence-corrected chi connectivity index (χ0v) is 10.7. The van der Waals surface area contributed by atoms with Gasteiger partial charge in [0, 0.05) is 13.0 Å². The molecule has 2 aromatic heterocycles. The van der Waals surface area contributed by atoms with Crippen molar-refractivity contribution in [2.75, 3.05) is 12.3 Å². The van der Waals surface area contributed by atoms with Crippen LogP contribution in [0.2, 0.25) is 0 Å². The highest BCUT2D eigenvalue weighted by molar-refractivity contribution is 5.96. The largest absolute Gasteiger partial charge is 0.396 e. The number of carbonyl (C=O) groups is 1. The van der Waals surface area contributed by atoms with Gasteiger partial charge < -0.3 is 16.0 Å². The number of nitrogens with two attached hydrogens (primary N) is 1. The molecular weight excluding hydrogens is 256 g/mol. The second kappa shape index (κ2) is 5.04. The van der Waals surface area contributed by atoms with Gasteiger partial charge in [0.15, 0.2) is 0 Å². The molecule has 20 heavy (non-hydrogen) atoms. The fourth-order valence-corrected chi connectivity index (χ4v) is 1.98. The molecule has 102 valence electrons. The van der Waals surface area contributed by atoms with Crippen molar-refractivity contribution in [2.24, 2.45) is 0 Å². The molecule has 0 saturated carbocycles. The number of amides is 1. The quantitative estimate of drug-likeness (QED) is 0.562. The summed E-state index contributed by atoms with van der Waals surface area (Å²) < 4.78 is 0. The van der Waals surface area contributed by atoms with E-state index in [-0.39, 0.29) is 11.6 Å². The zero-order chi connectivity index (χ0) is 13.9. The van der Waals surface area contributed by atoms with Gasteiger partial charge in [-0.05, 0) is 12.1 Å². The summed E-state index contributed by atoms with van der Waals surface area (Å²) in [4.78, 5) is 19.4. The molecule has 0 bridgehead atoms. The first-order chi connectivity index (χ1) is 9.74. The minimum Gasteiger partial charge on any atom is -0.396 e. The van der Waals surface area contributed by atoms with Gasteiger partial charge in [0.05, 0.1) is 22.9 Å². The number of anilines is 1. The average molecular weight is 270 g/mol. The number of hydrogen-bond acceptors (Lipinski definition) is 4. The Hall–Kier alpha value is -2.83. The molecule has 2 heterocycles. The first-order valence-electron chi connectivity index (χ1n) is 6.24. The summed E-state index contributed by atoms with van der Waals surface area (Å²) in [5.74, 6) is 0.570. The number of benzene rings is 1. The van der Waals surface area contributed by atoms with Crippen LogP contribution >= 0.6 is 0 Å². The third-order valence-corrected chi connectivity index (χ3v) is 2.98. The summed E-state index contributed by atoms with van der Waals surface area (Å²) in [5, 5.41) is 9.04. The number of hydrogen-bond donors (Lipinski definition) is 4. The Morgan fingerprint density at radius 2 is 2.20 bits per heavy atom. The minimum atomic E-state index is -0.267. The van der Waals surface area contributed by atoms with Crippen LogP contribution in [0, 0.1) is 0 Å². The molecule has 0 radical (unpaired) electrons. The van der Waals surface area contributed by atoms with Crippen LogP contribution in [0.3, 0.4) is 0 Å². The molecule has 0 aliphatic heterocycles. The number of fused-ring (bicyclic) bond motifs is 1. The average Bonchev–Trinajstić information content (AvgIpc) is 3.04. The summed E-state index contributed by atoms with van der Waals surface area (Å²) in [6, 6.07) is 7.80. The van der Waals surface area contributed by atoms with E-state index in [2.05, 4.69) is 25.5 Å². The number of rotatable bonds is 4. The second-order valence-corrected chi connectivity index (χ2v) is 4.41. The van der Waals surface area contributed by atoms with Gasteiger partial charge in [0.1, 0.15) is 11.5 Å². The molecule has 5 N–H and O–H groups in total. The predicted molar refractivity (Wildman–Crippen MR) is 75.1 cm³/mol. The van der Waals surface area contributed by atoms with Crippen LogP contribution in [0.4, 0.5) is 5.69 Å². The number of H-pyrrole nitrogens is 2. The molecule has 3 rings (SSSR count). The van der Waals surface area contributed by atoms with Crippen molar-refractivity contribution in [3.8, 4) is 0 Å². The Balaban J connectivity index is 1.60. The lowest BCUT2D eigenvalue weighted by Crippen LogP contribution is -2.27. The van der Waals surface area contributed by atoms with E-state index in [0.29, 0.717) is 18.7 Å². The maximum Gasteiger partial charge on any atom is 0.271 e. The van der Waals surface area contributed by atoms with E-state index >= 15 is 0 Å². The van der Waals surface area contributed by atoms with Crippen LogP contribution < -0.4 is 11.1 Å². The Kier molecular flexibility index (Phi) is 3.08. The van der Waals surface area contributed by atoms with Crippen LogP contribution in [0.5, 0.6) is 0 Å². The molecule has 1 aromatic carbocycles. The first kappa shape index (κ1) is 12.2. The molecule has 7 heteroatoms. The van der Waals surface area contributed by atoms with Crippen molar-refractivity contribution >= 4 is 22.6 Å². The maximum atomic E-state index is 11.8. The van der Waals surface area contributed by atoms with Gasteiger partial charge in [-0.15, -0.1) is 0 Å². The van der Waals surface area contributed by atoms with Crippen molar-refractivity contribution < 1.29 is 4.79 Å². The van der Waals surface area contributed by atoms with Crippen LogP contribution in [0.1, 0.15) is 16.3 Å². The van der Waals surface area contributed by atoms with E-state index < -0.39 is 0 Å². The van der Waals surface area contributed by atoms with Crippen molar-refractivity contribution in [1.82, 2.24) is 25.5 Å². The normalized spacial score (nSPS) is 10.8. The highest BCUT2D eigenvalue weighted by atomic mass is 16.1. The van der Waals surface area contributed by atoms with E-state index in [1.54, 1.807) is 0 Å². The number of para-hydroxylation sites is 2. The van der Waals surface area contributed by atoms with Gasteiger partial charge in [-0.1, -0.05) is 12.1 Å². The van der Waals surface area contributed by atoms with E-state index in [4.69, 9.17) is 5.73 Å². The molecule has 0 atom stereocenters. The van der Waals surface area contributed by atoms with Crippen LogP contribution in [-0.4, -0.2) is 32.6 Å². The third-order valence-electron chi connectivity index (χ3n) is 2.98. The standard InChI is InChI=1S/C13H14N6O/c14-8-7-16-19-12(8)13(20)15-6-5-11-17-9-3-1-2-4-10(9)18-11/h1-4,7H,5-6,14H2,(H,15,20)(H,16,19)(H,17,18). The number of nitrogens with one attached hydrogen (secondary N) is 3. The lowest BCUT2D eigenvalue weighted by molar-refractivity contribution is 0.0950. The number of carbonyl (C=O) groups excluding carboxylic acids is 1. The SMILES string of the molecule is Nc1cn[nH]c1C(=O)NCCc1nc2ccccc2[nH]1. The van der Waals surface area contributed by atoms with E-state index in [1.165, 1.54) is 6.20 Å². The summed E-state index contributed by atoms with van der Waals surface area (Å²) >= 11 is 0. The second-order valence-electron chi connectivity index (χ2n) is 4.41. The monoisotopic (exact) mass is 270 g/mol. The number of aromatic amines is 2.